The molecule has 1 aliphatic heterocycles. The Labute approximate surface area is 188 Å². The maximum Gasteiger partial charge on any atom is 0.137 e. The molecule has 5 rings (SSSR count). The molecule has 2 heterocycles. The van der Waals surface area contributed by atoms with Crippen LogP contribution in [0.3, 0.4) is 0 Å². The van der Waals surface area contributed by atoms with Gasteiger partial charge in [-0.25, -0.2) is 4.98 Å². The molecule has 0 radical (unpaired) electrons. The van der Waals surface area contributed by atoms with E-state index >= 15 is 0 Å². The number of nitrogens with zero attached hydrogens (tertiary/aromatic N) is 3. The number of aromatic nitrogens is 1. The van der Waals surface area contributed by atoms with Crippen LogP contribution >= 0.6 is 11.3 Å². The zero-order chi connectivity index (χ0) is 21.4. The Hall–Kier alpha value is -2.68. The quantitative estimate of drug-likeness (QED) is 0.522. The summed E-state index contributed by atoms with van der Waals surface area (Å²) in [5, 5.41) is 10.5. The standard InChI is InChI=1S/C26H27N3OS/c1-17(2)30-24-10-7-19(13-20(24)15-27)26-28-16-25(31-26)23-6-3-5-18-14-21(8-9-22(18)23)29-11-4-12-29/h3,5-7,10,13,16-17,21H,4,8-9,11-12,14H2,1-2H3. The number of fused-ring (bicyclic) bond motifs is 1. The van der Waals surface area contributed by atoms with Gasteiger partial charge in [0.2, 0.25) is 0 Å². The second-order valence-electron chi connectivity index (χ2n) is 8.75. The highest BCUT2D eigenvalue weighted by atomic mass is 32.1. The fraction of sp³-hybridized carbons (Fsp3) is 0.385. The number of rotatable bonds is 5. The summed E-state index contributed by atoms with van der Waals surface area (Å²) in [5.41, 5.74) is 5.83. The molecule has 1 fully saturated rings. The number of thiazole rings is 1. The zero-order valence-electron chi connectivity index (χ0n) is 18.1. The van der Waals surface area contributed by atoms with Crippen LogP contribution in [0.4, 0.5) is 0 Å². The van der Waals surface area contributed by atoms with Gasteiger partial charge in [-0.05, 0) is 87.5 Å². The molecular weight excluding hydrogens is 402 g/mol. The summed E-state index contributed by atoms with van der Waals surface area (Å²) in [6.45, 7) is 6.47. The van der Waals surface area contributed by atoms with E-state index in [4.69, 9.17) is 9.72 Å². The number of ether oxygens (including phenoxy) is 1. The zero-order valence-corrected chi connectivity index (χ0v) is 18.9. The molecule has 2 aromatic carbocycles. The highest BCUT2D eigenvalue weighted by Crippen LogP contribution is 2.39. The van der Waals surface area contributed by atoms with Crippen LogP contribution < -0.4 is 4.74 Å². The molecule has 1 atom stereocenters. The average Bonchev–Trinajstić information content (AvgIpc) is 3.22. The van der Waals surface area contributed by atoms with Gasteiger partial charge in [0.1, 0.15) is 16.8 Å². The van der Waals surface area contributed by atoms with Gasteiger partial charge in [-0.3, -0.25) is 4.90 Å². The van der Waals surface area contributed by atoms with Crippen molar-refractivity contribution in [1.82, 2.24) is 9.88 Å². The van der Waals surface area contributed by atoms with Gasteiger partial charge < -0.3 is 4.74 Å². The molecule has 3 aromatic rings. The Balaban J connectivity index is 1.42. The summed E-state index contributed by atoms with van der Waals surface area (Å²) in [7, 11) is 0. The van der Waals surface area contributed by atoms with Crippen LogP contribution in [-0.4, -0.2) is 35.1 Å². The number of nitriles is 1. The largest absolute Gasteiger partial charge is 0.490 e. The van der Waals surface area contributed by atoms with Crippen molar-refractivity contribution in [2.24, 2.45) is 0 Å². The van der Waals surface area contributed by atoms with E-state index in [0.717, 1.165) is 23.4 Å². The lowest BCUT2D eigenvalue weighted by Gasteiger charge is -2.41. The summed E-state index contributed by atoms with van der Waals surface area (Å²) in [4.78, 5) is 8.55. The first kappa shape index (κ1) is 20.2. The molecule has 5 heteroatoms. The van der Waals surface area contributed by atoms with Gasteiger partial charge in [0.15, 0.2) is 0 Å². The Morgan fingerprint density at radius 3 is 2.84 bits per heavy atom. The molecule has 1 aliphatic carbocycles. The average molecular weight is 430 g/mol. The highest BCUT2D eigenvalue weighted by molar-refractivity contribution is 7.18. The van der Waals surface area contributed by atoms with E-state index < -0.39 is 0 Å². The Morgan fingerprint density at radius 2 is 2.10 bits per heavy atom. The predicted molar refractivity (Wildman–Crippen MR) is 125 cm³/mol. The van der Waals surface area contributed by atoms with E-state index in [-0.39, 0.29) is 6.10 Å². The summed E-state index contributed by atoms with van der Waals surface area (Å²) in [6.07, 6.45) is 6.93. The SMILES string of the molecule is CC(C)Oc1ccc(-c2ncc(-c3cccc4c3CCC(N3CCC3)C4)s2)cc1C#N. The van der Waals surface area contributed by atoms with Gasteiger partial charge in [0.05, 0.1) is 16.5 Å². The third-order valence-electron chi connectivity index (χ3n) is 6.34. The molecule has 4 nitrogen and oxygen atoms in total. The first-order chi connectivity index (χ1) is 15.1. The smallest absolute Gasteiger partial charge is 0.137 e. The molecule has 0 N–H and O–H groups in total. The van der Waals surface area contributed by atoms with Gasteiger partial charge in [-0.1, -0.05) is 18.2 Å². The van der Waals surface area contributed by atoms with E-state index in [1.807, 2.05) is 38.2 Å². The molecule has 158 valence electrons. The van der Waals surface area contributed by atoms with Crippen LogP contribution in [0, 0.1) is 11.3 Å². The lowest BCUT2D eigenvalue weighted by molar-refractivity contribution is 0.107. The maximum absolute atomic E-state index is 9.55. The molecule has 2 aliphatic rings. The van der Waals surface area contributed by atoms with Crippen LogP contribution in [0.15, 0.2) is 42.6 Å². The lowest BCUT2D eigenvalue weighted by atomic mass is 9.83. The van der Waals surface area contributed by atoms with Crippen molar-refractivity contribution in [3.8, 4) is 32.8 Å². The monoisotopic (exact) mass is 429 g/mol. The first-order valence-corrected chi connectivity index (χ1v) is 12.0. The fourth-order valence-electron chi connectivity index (χ4n) is 4.68. The minimum Gasteiger partial charge on any atom is -0.490 e. The van der Waals surface area contributed by atoms with Gasteiger partial charge in [0, 0.05) is 17.8 Å². The molecule has 1 aromatic heterocycles. The van der Waals surface area contributed by atoms with Crippen molar-refractivity contribution in [1.29, 1.82) is 5.26 Å². The van der Waals surface area contributed by atoms with Crippen LogP contribution in [0.5, 0.6) is 5.75 Å². The molecule has 0 spiro atoms. The summed E-state index contributed by atoms with van der Waals surface area (Å²) in [6, 6.07) is 15.5. The summed E-state index contributed by atoms with van der Waals surface area (Å²) >= 11 is 1.70. The minimum absolute atomic E-state index is 0.0364. The molecule has 0 bridgehead atoms. The predicted octanol–water partition coefficient (Wildman–Crippen LogP) is 5.70. The van der Waals surface area contributed by atoms with Crippen molar-refractivity contribution in [3.63, 3.8) is 0 Å². The Kier molecular flexibility index (Phi) is 5.52. The van der Waals surface area contributed by atoms with Crippen molar-refractivity contribution in [2.75, 3.05) is 13.1 Å². The van der Waals surface area contributed by atoms with E-state index in [2.05, 4.69) is 29.2 Å². The molecule has 31 heavy (non-hydrogen) atoms. The fourth-order valence-corrected chi connectivity index (χ4v) is 5.64. The second-order valence-corrected chi connectivity index (χ2v) is 9.78. The van der Waals surface area contributed by atoms with Crippen LogP contribution in [0.25, 0.3) is 21.0 Å². The van der Waals surface area contributed by atoms with E-state index in [9.17, 15) is 5.26 Å². The van der Waals surface area contributed by atoms with Crippen molar-refractivity contribution in [3.05, 3.63) is 59.3 Å². The number of hydrogen-bond acceptors (Lipinski definition) is 5. The van der Waals surface area contributed by atoms with Gasteiger partial charge in [-0.15, -0.1) is 11.3 Å². The first-order valence-electron chi connectivity index (χ1n) is 11.1. The number of benzene rings is 2. The Bertz CT molecular complexity index is 1140. The number of likely N-dealkylation sites (tertiary alicyclic amines) is 1. The normalized spacial score (nSPS) is 18.3. The van der Waals surface area contributed by atoms with Crippen molar-refractivity contribution in [2.45, 2.75) is 51.7 Å². The third-order valence-corrected chi connectivity index (χ3v) is 7.42. The molecule has 1 unspecified atom stereocenters. The number of hydrogen-bond donors (Lipinski definition) is 0. The summed E-state index contributed by atoms with van der Waals surface area (Å²) < 4.78 is 5.76. The highest BCUT2D eigenvalue weighted by Gasteiger charge is 2.29. The lowest BCUT2D eigenvalue weighted by Crippen LogP contribution is -2.47. The third kappa shape index (κ3) is 3.98. The Morgan fingerprint density at radius 1 is 1.23 bits per heavy atom. The maximum atomic E-state index is 9.55. The molecular formula is C26H27N3OS. The van der Waals surface area contributed by atoms with E-state index in [1.54, 1.807) is 11.3 Å². The van der Waals surface area contributed by atoms with Gasteiger partial charge in [-0.2, -0.15) is 5.26 Å². The van der Waals surface area contributed by atoms with Crippen LogP contribution in [0.1, 0.15) is 43.4 Å². The summed E-state index contributed by atoms with van der Waals surface area (Å²) in [5.74, 6) is 0.631. The van der Waals surface area contributed by atoms with E-state index in [1.165, 1.54) is 47.5 Å². The van der Waals surface area contributed by atoms with Crippen molar-refractivity contribution >= 4 is 11.3 Å². The van der Waals surface area contributed by atoms with E-state index in [0.29, 0.717) is 17.4 Å². The van der Waals surface area contributed by atoms with Gasteiger partial charge >= 0.3 is 0 Å². The van der Waals surface area contributed by atoms with Crippen molar-refractivity contribution < 1.29 is 4.74 Å². The molecule has 0 amide bonds. The molecule has 1 saturated heterocycles. The van der Waals surface area contributed by atoms with Crippen LogP contribution in [-0.2, 0) is 12.8 Å². The topological polar surface area (TPSA) is 49.1 Å². The second kappa shape index (κ2) is 8.45. The van der Waals surface area contributed by atoms with Crippen LogP contribution in [0.2, 0.25) is 0 Å². The minimum atomic E-state index is 0.0364. The van der Waals surface area contributed by atoms with Gasteiger partial charge in [0.25, 0.3) is 0 Å². The molecule has 0 saturated carbocycles.